The van der Waals surface area contributed by atoms with Crippen molar-refractivity contribution in [3.63, 3.8) is 0 Å². The van der Waals surface area contributed by atoms with Crippen molar-refractivity contribution in [1.82, 2.24) is 21.3 Å². The van der Waals surface area contributed by atoms with Crippen LogP contribution in [0.2, 0.25) is 0 Å². The van der Waals surface area contributed by atoms with Crippen LogP contribution in [-0.4, -0.2) is 95.8 Å². The van der Waals surface area contributed by atoms with Crippen molar-refractivity contribution in [3.8, 4) is 12.3 Å². The third-order valence-corrected chi connectivity index (χ3v) is 8.21. The molecule has 6 N–H and O–H groups in total. The number of nitrogens with zero attached hydrogens (tertiary/aromatic N) is 2. The first kappa shape index (κ1) is 37.7. The van der Waals surface area contributed by atoms with Crippen LogP contribution in [0.4, 0.5) is 4.79 Å². The summed E-state index contributed by atoms with van der Waals surface area (Å²) in [7, 11) is 0. The van der Waals surface area contributed by atoms with E-state index >= 15 is 0 Å². The van der Waals surface area contributed by atoms with Crippen LogP contribution in [0.15, 0.2) is 65.0 Å². The predicted octanol–water partition coefficient (Wildman–Crippen LogP) is 0.669. The maximum atomic E-state index is 12.8. The third-order valence-electron chi connectivity index (χ3n) is 8.21. The predicted molar refractivity (Wildman–Crippen MR) is 175 cm³/mol. The Morgan fingerprint density at radius 1 is 1.14 bits per heavy atom. The number of aliphatic hydroxyl groups excluding tert-OH is 2. The van der Waals surface area contributed by atoms with Crippen LogP contribution in [0.1, 0.15) is 50.7 Å². The first-order chi connectivity index (χ1) is 23.9. The summed E-state index contributed by atoms with van der Waals surface area (Å²) in [5.74, 6) is -0.141. The number of hydrogen-bond acceptors (Lipinski definition) is 12. The first-order valence-corrected chi connectivity index (χ1v) is 16.2. The minimum atomic E-state index is -1.29. The van der Waals surface area contributed by atoms with Gasteiger partial charge in [-0.05, 0) is 25.3 Å². The summed E-state index contributed by atoms with van der Waals surface area (Å²) >= 11 is 0. The van der Waals surface area contributed by atoms with E-state index in [9.17, 15) is 34.2 Å². The molecule has 3 heterocycles. The van der Waals surface area contributed by atoms with E-state index in [1.807, 2.05) is 6.07 Å². The zero-order chi connectivity index (χ0) is 36.3. The molecule has 0 aromatic heterocycles. The van der Waals surface area contributed by atoms with Crippen molar-refractivity contribution in [3.05, 3.63) is 60.3 Å². The number of rotatable bonds is 17. The molecule has 4 amide bonds. The molecule has 0 aliphatic carbocycles. The van der Waals surface area contributed by atoms with Crippen LogP contribution in [-0.2, 0) is 33.4 Å². The quantitative estimate of drug-likeness (QED) is 0.0759. The lowest BCUT2D eigenvalue weighted by molar-refractivity contribution is -0.145. The molecule has 7 atom stereocenters. The molecule has 0 saturated carbocycles. The van der Waals surface area contributed by atoms with Crippen LogP contribution in [0.5, 0.6) is 0 Å². The minimum Gasteiger partial charge on any atom is -0.466 e. The molecule has 0 bridgehead atoms. The largest absolute Gasteiger partial charge is 0.466 e. The molecule has 7 unspecified atom stereocenters. The molecule has 0 radical (unpaired) electrons. The number of aliphatic hydroxyl groups is 2. The topological polar surface area (TPSA) is 226 Å². The number of ether oxygens (including phenoxy) is 3. The second-order valence-corrected chi connectivity index (χ2v) is 12.2. The Morgan fingerprint density at radius 2 is 1.88 bits per heavy atom. The van der Waals surface area contributed by atoms with Crippen molar-refractivity contribution in [2.24, 2.45) is 16.1 Å². The van der Waals surface area contributed by atoms with Gasteiger partial charge in [-0.15, -0.1) is 12.3 Å². The van der Waals surface area contributed by atoms with Crippen LogP contribution >= 0.6 is 0 Å². The molecular weight excluding hydrogens is 652 g/mol. The minimum absolute atomic E-state index is 0.00545. The fourth-order valence-electron chi connectivity index (χ4n) is 5.31. The van der Waals surface area contributed by atoms with Gasteiger partial charge in [0.1, 0.15) is 30.5 Å². The zero-order valence-electron chi connectivity index (χ0n) is 27.6. The maximum Gasteiger partial charge on any atom is 0.408 e. The molecule has 3 aliphatic heterocycles. The summed E-state index contributed by atoms with van der Waals surface area (Å²) in [4.78, 5) is 61.6. The van der Waals surface area contributed by atoms with E-state index in [4.69, 9.17) is 20.6 Å². The van der Waals surface area contributed by atoms with Gasteiger partial charge in [-0.1, -0.05) is 43.0 Å². The Labute approximate surface area is 289 Å². The molecule has 16 heteroatoms. The van der Waals surface area contributed by atoms with Gasteiger partial charge in [0.2, 0.25) is 23.4 Å². The van der Waals surface area contributed by atoms with Gasteiger partial charge in [-0.25, -0.2) is 4.79 Å². The van der Waals surface area contributed by atoms with Gasteiger partial charge in [0.25, 0.3) is 0 Å². The molecule has 268 valence electrons. The lowest BCUT2D eigenvalue weighted by atomic mass is 9.91. The number of esters is 1. The molecule has 50 heavy (non-hydrogen) atoms. The summed E-state index contributed by atoms with van der Waals surface area (Å²) in [5, 5.41) is 38.9. The lowest BCUT2D eigenvalue weighted by Crippen LogP contribution is -2.48. The van der Waals surface area contributed by atoms with Crippen molar-refractivity contribution in [2.75, 3.05) is 19.7 Å². The molecular formula is C34H42N6O10. The highest BCUT2D eigenvalue weighted by Gasteiger charge is 2.47. The second kappa shape index (κ2) is 17.5. The Kier molecular flexibility index (Phi) is 13.2. The lowest BCUT2D eigenvalue weighted by Gasteiger charge is -2.27. The van der Waals surface area contributed by atoms with Gasteiger partial charge in [0.05, 0.1) is 25.7 Å². The average molecular weight is 695 g/mol. The molecule has 1 aromatic rings. The van der Waals surface area contributed by atoms with Crippen LogP contribution in [0.3, 0.4) is 0 Å². The van der Waals surface area contributed by atoms with Crippen LogP contribution in [0, 0.1) is 18.3 Å². The SMILES string of the molecule is C#CCC(NC(=O)OC(CCCOC(=O)CCC(=O)NCC1OC(C2C=CC(=O)NC2=C)C(O)C1O)c1ccccc1)C(=O)NCC1(C)N=N1. The summed E-state index contributed by atoms with van der Waals surface area (Å²) in [6.45, 7) is 5.56. The van der Waals surface area contributed by atoms with Gasteiger partial charge in [0.15, 0.2) is 0 Å². The highest BCUT2D eigenvalue weighted by atomic mass is 16.6. The summed E-state index contributed by atoms with van der Waals surface area (Å²) < 4.78 is 16.7. The molecule has 1 saturated heterocycles. The van der Waals surface area contributed by atoms with Crippen LogP contribution < -0.4 is 21.3 Å². The van der Waals surface area contributed by atoms with E-state index < -0.39 is 72.0 Å². The number of benzene rings is 1. The Morgan fingerprint density at radius 3 is 2.56 bits per heavy atom. The molecule has 3 aliphatic rings. The fourth-order valence-corrected chi connectivity index (χ4v) is 5.31. The Bertz CT molecular complexity index is 1520. The van der Waals surface area contributed by atoms with Gasteiger partial charge >= 0.3 is 12.1 Å². The molecule has 1 fully saturated rings. The Balaban J connectivity index is 1.16. The van der Waals surface area contributed by atoms with Gasteiger partial charge < -0.3 is 45.7 Å². The number of hydrogen-bond donors (Lipinski definition) is 6. The average Bonchev–Trinajstić information content (AvgIpc) is 3.77. The third kappa shape index (κ3) is 11.0. The number of alkyl carbamates (subject to hydrolysis) is 1. The second-order valence-electron chi connectivity index (χ2n) is 12.2. The summed E-state index contributed by atoms with van der Waals surface area (Å²) in [5.41, 5.74) is 0.350. The number of carbonyl (C=O) groups excluding carboxylic acids is 5. The van der Waals surface area contributed by atoms with E-state index in [0.717, 1.165) is 0 Å². The van der Waals surface area contributed by atoms with E-state index in [1.165, 1.54) is 12.2 Å². The standard InChI is InChI=1S/C34H42N6O10/c1-4-9-23(32(46)36-19-34(3)39-40-34)38-33(47)50-24(21-10-6-5-7-11-21)12-8-17-48-28(43)16-15-26(41)35-18-25-29(44)30(45)31(49-25)22-13-14-27(42)37-20(22)2/h1,5-7,10-11,13-14,22-25,29-31,44-45H,2,8-9,12,15-19H2,3H3,(H,35,41)(H,36,46)(H,37,42)(H,38,47). The highest BCUT2D eigenvalue weighted by molar-refractivity contribution is 5.90. The summed E-state index contributed by atoms with van der Waals surface area (Å²) in [6, 6.07) is 7.89. The fraction of sp³-hybridized carbons (Fsp3) is 0.500. The van der Waals surface area contributed by atoms with E-state index in [1.54, 1.807) is 31.2 Å². The van der Waals surface area contributed by atoms with E-state index in [0.29, 0.717) is 17.7 Å². The molecule has 16 nitrogen and oxygen atoms in total. The van der Waals surface area contributed by atoms with Crippen molar-refractivity contribution in [2.45, 2.75) is 81.3 Å². The zero-order valence-corrected chi connectivity index (χ0v) is 27.6. The molecule has 0 spiro atoms. The molecule has 4 rings (SSSR count). The van der Waals surface area contributed by atoms with Crippen molar-refractivity contribution in [1.29, 1.82) is 0 Å². The highest BCUT2D eigenvalue weighted by Crippen LogP contribution is 2.31. The smallest absolute Gasteiger partial charge is 0.408 e. The van der Waals surface area contributed by atoms with Gasteiger partial charge in [0, 0.05) is 37.1 Å². The van der Waals surface area contributed by atoms with Crippen LogP contribution in [0.25, 0.3) is 0 Å². The summed E-state index contributed by atoms with van der Waals surface area (Å²) in [6.07, 6.45) is 2.41. The van der Waals surface area contributed by atoms with E-state index in [2.05, 4.69) is 44.0 Å². The number of amides is 4. The van der Waals surface area contributed by atoms with Gasteiger partial charge in [-0.2, -0.15) is 10.2 Å². The molecule has 1 aromatic carbocycles. The monoisotopic (exact) mass is 694 g/mol. The van der Waals surface area contributed by atoms with Crippen molar-refractivity contribution < 1.29 is 48.4 Å². The van der Waals surface area contributed by atoms with Gasteiger partial charge in [-0.3, -0.25) is 19.2 Å². The normalized spacial score (nSPS) is 24.2. The maximum absolute atomic E-state index is 12.8. The van der Waals surface area contributed by atoms with Crippen molar-refractivity contribution >= 4 is 29.8 Å². The Hall–Kier alpha value is -5.11. The number of nitrogens with one attached hydrogen (secondary N) is 4. The number of terminal acetylenes is 1. The first-order valence-electron chi connectivity index (χ1n) is 16.2. The number of carbonyl (C=O) groups is 5. The van der Waals surface area contributed by atoms with E-state index in [-0.39, 0.29) is 51.3 Å².